The van der Waals surface area contributed by atoms with Crippen LogP contribution in [0.25, 0.3) is 42.3 Å². The number of thiophene rings is 1. The standard InChI is InChI=1S/C23H16F3N2S2/c1-13-15-8-5-6-10-18(15)29-21(13)20-17-11-14-7-3-4-9-16(14)22(30-23(24,25)26)19(17)27-12-28(20)2/h3-12H,1-2H3/q+1. The number of thioether (sulfide) groups is 1. The molecular weight excluding hydrogens is 425 g/mol. The summed E-state index contributed by atoms with van der Waals surface area (Å²) in [5.41, 5.74) is -2.02. The van der Waals surface area contributed by atoms with Crippen LogP contribution in [0.1, 0.15) is 5.56 Å². The zero-order chi connectivity index (χ0) is 21.0. The molecule has 0 saturated heterocycles. The molecule has 0 unspecified atom stereocenters. The van der Waals surface area contributed by atoms with E-state index in [0.29, 0.717) is 10.9 Å². The van der Waals surface area contributed by atoms with Gasteiger partial charge in [-0.25, -0.2) is 4.57 Å². The first-order chi connectivity index (χ1) is 14.3. The molecular formula is C23H16F3N2S2+. The average Bonchev–Trinajstić information content (AvgIpc) is 3.03. The third-order valence-corrected chi connectivity index (χ3v) is 7.35. The molecule has 2 heterocycles. The largest absolute Gasteiger partial charge is 0.446 e. The Hall–Kier alpha value is -2.64. The minimum absolute atomic E-state index is 0.0897. The number of hydrogen-bond donors (Lipinski definition) is 0. The summed E-state index contributed by atoms with van der Waals surface area (Å²) in [7, 11) is 1.89. The van der Waals surface area contributed by atoms with Gasteiger partial charge in [0.25, 0.3) is 6.33 Å². The van der Waals surface area contributed by atoms with E-state index in [4.69, 9.17) is 0 Å². The van der Waals surface area contributed by atoms with Crippen LogP contribution in [0.3, 0.4) is 0 Å². The van der Waals surface area contributed by atoms with Gasteiger partial charge in [0.2, 0.25) is 5.52 Å². The highest BCUT2D eigenvalue weighted by Crippen LogP contribution is 2.46. The summed E-state index contributed by atoms with van der Waals surface area (Å²) in [6.07, 6.45) is 1.61. The van der Waals surface area contributed by atoms with E-state index in [-0.39, 0.29) is 16.7 Å². The molecule has 150 valence electrons. The molecule has 30 heavy (non-hydrogen) atoms. The van der Waals surface area contributed by atoms with Gasteiger partial charge < -0.3 is 0 Å². The number of halogens is 3. The highest BCUT2D eigenvalue weighted by molar-refractivity contribution is 8.00. The predicted molar refractivity (Wildman–Crippen MR) is 118 cm³/mol. The molecule has 0 amide bonds. The fraction of sp³-hybridized carbons (Fsp3) is 0.130. The fourth-order valence-corrected chi connectivity index (χ4v) is 6.00. The van der Waals surface area contributed by atoms with Crippen molar-refractivity contribution >= 4 is 54.9 Å². The number of benzene rings is 3. The van der Waals surface area contributed by atoms with E-state index in [2.05, 4.69) is 24.0 Å². The molecule has 0 aliphatic heterocycles. The maximum absolute atomic E-state index is 13.4. The molecule has 5 aromatic rings. The van der Waals surface area contributed by atoms with Crippen LogP contribution in [-0.2, 0) is 7.05 Å². The molecule has 0 aliphatic carbocycles. The van der Waals surface area contributed by atoms with Crippen molar-refractivity contribution in [1.82, 2.24) is 4.98 Å². The Labute approximate surface area is 179 Å². The van der Waals surface area contributed by atoms with E-state index in [1.807, 2.05) is 41.9 Å². The zero-order valence-electron chi connectivity index (χ0n) is 16.1. The number of hydrogen-bond acceptors (Lipinski definition) is 3. The van der Waals surface area contributed by atoms with E-state index in [1.165, 1.54) is 0 Å². The molecule has 0 atom stereocenters. The lowest BCUT2D eigenvalue weighted by Gasteiger charge is -2.12. The summed E-state index contributed by atoms with van der Waals surface area (Å²) >= 11 is 1.56. The predicted octanol–water partition coefficient (Wildman–Crippen LogP) is 7.01. The van der Waals surface area contributed by atoms with Crippen molar-refractivity contribution < 1.29 is 17.7 Å². The Morgan fingerprint density at radius 2 is 1.67 bits per heavy atom. The third-order valence-electron chi connectivity index (χ3n) is 5.22. The molecule has 3 aromatic carbocycles. The first kappa shape index (κ1) is 19.3. The number of nitrogens with zero attached hydrogens (tertiary/aromatic N) is 2. The summed E-state index contributed by atoms with van der Waals surface area (Å²) in [5.74, 6) is 0. The Morgan fingerprint density at radius 3 is 2.40 bits per heavy atom. The molecule has 0 N–H and O–H groups in total. The van der Waals surface area contributed by atoms with Gasteiger partial charge in [-0.05, 0) is 52.1 Å². The fourth-order valence-electron chi connectivity index (χ4n) is 3.91. The van der Waals surface area contributed by atoms with Crippen molar-refractivity contribution in [3.8, 4) is 10.6 Å². The normalized spacial score (nSPS) is 12.3. The number of aryl methyl sites for hydroxylation is 2. The maximum atomic E-state index is 13.4. The smallest absolute Gasteiger partial charge is 0.231 e. The quantitative estimate of drug-likeness (QED) is 0.166. The molecule has 2 nitrogen and oxygen atoms in total. The van der Waals surface area contributed by atoms with Gasteiger partial charge in [-0.15, -0.1) is 11.3 Å². The average molecular weight is 442 g/mol. The highest BCUT2D eigenvalue weighted by atomic mass is 32.2. The lowest BCUT2D eigenvalue weighted by molar-refractivity contribution is -0.662. The van der Waals surface area contributed by atoms with Crippen molar-refractivity contribution in [2.24, 2.45) is 7.05 Å². The zero-order valence-corrected chi connectivity index (χ0v) is 17.8. The second-order valence-electron chi connectivity index (χ2n) is 7.13. The van der Waals surface area contributed by atoms with Gasteiger partial charge in [0.1, 0.15) is 0 Å². The summed E-state index contributed by atoms with van der Waals surface area (Å²) < 4.78 is 43.4. The molecule has 0 bridgehead atoms. The second-order valence-corrected chi connectivity index (χ2v) is 9.25. The molecule has 0 fully saturated rings. The van der Waals surface area contributed by atoms with Gasteiger partial charge in [-0.3, -0.25) is 0 Å². The summed E-state index contributed by atoms with van der Waals surface area (Å²) in [5, 5.41) is 3.21. The van der Waals surface area contributed by atoms with Gasteiger partial charge in [0.15, 0.2) is 5.69 Å². The SMILES string of the molecule is Cc1c(-c2c3cc4ccccc4c(SC(F)(F)F)c3nc[n+]2C)sc2ccccc12. The molecule has 7 heteroatoms. The minimum atomic E-state index is -4.40. The summed E-state index contributed by atoms with van der Waals surface area (Å²) in [6, 6.07) is 17.3. The molecule has 0 spiro atoms. The van der Waals surface area contributed by atoms with Gasteiger partial charge in [-0.2, -0.15) is 13.2 Å². The topological polar surface area (TPSA) is 16.8 Å². The van der Waals surface area contributed by atoms with Crippen LogP contribution in [0.2, 0.25) is 0 Å². The first-order valence-corrected chi connectivity index (χ1v) is 10.9. The van der Waals surface area contributed by atoms with Crippen molar-refractivity contribution in [3.05, 3.63) is 66.5 Å². The number of aromatic nitrogens is 2. The lowest BCUT2D eigenvalue weighted by Crippen LogP contribution is -2.31. The van der Waals surface area contributed by atoms with Crippen LogP contribution in [0, 0.1) is 6.92 Å². The Bertz CT molecular complexity index is 1440. The number of rotatable bonds is 2. The van der Waals surface area contributed by atoms with Crippen molar-refractivity contribution in [3.63, 3.8) is 0 Å². The monoisotopic (exact) mass is 441 g/mol. The van der Waals surface area contributed by atoms with E-state index in [0.717, 1.165) is 37.0 Å². The summed E-state index contributed by atoms with van der Waals surface area (Å²) in [6.45, 7) is 2.06. The van der Waals surface area contributed by atoms with Gasteiger partial charge >= 0.3 is 5.51 Å². The van der Waals surface area contributed by atoms with Crippen molar-refractivity contribution in [2.45, 2.75) is 17.3 Å². The van der Waals surface area contributed by atoms with Crippen LogP contribution in [-0.4, -0.2) is 10.5 Å². The molecule has 0 radical (unpaired) electrons. The Morgan fingerprint density at radius 1 is 0.967 bits per heavy atom. The van der Waals surface area contributed by atoms with Crippen LogP contribution in [0.4, 0.5) is 13.2 Å². The van der Waals surface area contributed by atoms with Gasteiger partial charge in [-0.1, -0.05) is 42.5 Å². The van der Waals surface area contributed by atoms with E-state index in [9.17, 15) is 13.2 Å². The van der Waals surface area contributed by atoms with E-state index in [1.54, 1.807) is 29.8 Å². The van der Waals surface area contributed by atoms with Crippen molar-refractivity contribution in [1.29, 1.82) is 0 Å². The van der Waals surface area contributed by atoms with Crippen LogP contribution in [0.5, 0.6) is 0 Å². The third kappa shape index (κ3) is 3.13. The summed E-state index contributed by atoms with van der Waals surface area (Å²) in [4.78, 5) is 5.63. The van der Waals surface area contributed by atoms with E-state index >= 15 is 0 Å². The lowest BCUT2D eigenvalue weighted by atomic mass is 10.0. The van der Waals surface area contributed by atoms with Gasteiger partial charge in [0.05, 0.1) is 22.2 Å². The Balaban J connectivity index is 1.92. The van der Waals surface area contributed by atoms with Crippen molar-refractivity contribution in [2.75, 3.05) is 0 Å². The van der Waals surface area contributed by atoms with Crippen LogP contribution >= 0.6 is 23.1 Å². The Kier molecular flexibility index (Phi) is 4.48. The molecule has 5 rings (SSSR count). The van der Waals surface area contributed by atoms with Crippen LogP contribution in [0.15, 0.2) is 65.8 Å². The molecule has 2 aromatic heterocycles. The van der Waals surface area contributed by atoms with Gasteiger partial charge in [0, 0.05) is 10.1 Å². The number of fused-ring (bicyclic) bond motifs is 3. The second kappa shape index (κ2) is 6.96. The maximum Gasteiger partial charge on any atom is 0.446 e. The van der Waals surface area contributed by atoms with Crippen LogP contribution < -0.4 is 4.57 Å². The first-order valence-electron chi connectivity index (χ1n) is 9.28. The molecule has 0 saturated carbocycles. The van der Waals surface area contributed by atoms with E-state index < -0.39 is 5.51 Å². The molecule has 0 aliphatic rings. The highest BCUT2D eigenvalue weighted by Gasteiger charge is 2.33. The minimum Gasteiger partial charge on any atom is -0.231 e. The number of alkyl halides is 3.